The number of amides is 2. The molecule has 130 valence electrons. The molecule has 0 radical (unpaired) electrons. The van der Waals surface area contributed by atoms with Gasteiger partial charge in [0.1, 0.15) is 11.9 Å². The maximum absolute atomic E-state index is 12.1. The number of pyridine rings is 1. The molecule has 25 heavy (non-hydrogen) atoms. The molecule has 0 aromatic carbocycles. The Bertz CT molecular complexity index is 772. The van der Waals surface area contributed by atoms with E-state index in [1.165, 1.54) is 0 Å². The second-order valence-electron chi connectivity index (χ2n) is 5.81. The molecule has 9 nitrogen and oxygen atoms in total. The lowest BCUT2D eigenvalue weighted by atomic mass is 10.0. The van der Waals surface area contributed by atoms with E-state index in [-0.39, 0.29) is 12.1 Å². The van der Waals surface area contributed by atoms with Gasteiger partial charge < -0.3 is 10.2 Å². The maximum Gasteiger partial charge on any atom is 0.320 e. The van der Waals surface area contributed by atoms with Crippen molar-refractivity contribution in [3.63, 3.8) is 0 Å². The summed E-state index contributed by atoms with van der Waals surface area (Å²) in [5.74, 6) is 1.15. The summed E-state index contributed by atoms with van der Waals surface area (Å²) < 4.78 is 1.65. The van der Waals surface area contributed by atoms with Crippen LogP contribution in [0.1, 0.15) is 25.3 Å². The zero-order valence-electron chi connectivity index (χ0n) is 14.0. The molecule has 2 aromatic rings. The van der Waals surface area contributed by atoms with Gasteiger partial charge in [0.2, 0.25) is 0 Å². The van der Waals surface area contributed by atoms with E-state index in [9.17, 15) is 10.1 Å². The van der Waals surface area contributed by atoms with Crippen molar-refractivity contribution in [2.45, 2.75) is 32.4 Å². The number of carbonyl (C=O) groups is 1. The van der Waals surface area contributed by atoms with Crippen LogP contribution in [0.3, 0.4) is 0 Å². The number of nitrogens with one attached hydrogen (secondary N) is 2. The molecular formula is C16H20N8O. The lowest BCUT2D eigenvalue weighted by Gasteiger charge is -2.33. The molecule has 1 aliphatic rings. The van der Waals surface area contributed by atoms with Crippen molar-refractivity contribution in [1.29, 1.82) is 5.26 Å². The van der Waals surface area contributed by atoms with Gasteiger partial charge in [-0.1, -0.05) is 5.21 Å². The molecule has 1 saturated heterocycles. The third kappa shape index (κ3) is 4.03. The fourth-order valence-corrected chi connectivity index (χ4v) is 2.82. The number of urea groups is 1. The first-order chi connectivity index (χ1) is 12.2. The largest absolute Gasteiger partial charge is 0.355 e. The fourth-order valence-electron chi connectivity index (χ4n) is 2.82. The molecule has 3 heterocycles. The van der Waals surface area contributed by atoms with Crippen LogP contribution in [0, 0.1) is 11.3 Å². The minimum Gasteiger partial charge on any atom is -0.355 e. The van der Waals surface area contributed by atoms with E-state index in [0.717, 1.165) is 25.9 Å². The number of nitriles is 1. The predicted octanol–water partition coefficient (Wildman–Crippen LogP) is 1.36. The summed E-state index contributed by atoms with van der Waals surface area (Å²) in [7, 11) is 0. The number of aryl methyl sites for hydroxylation is 1. The van der Waals surface area contributed by atoms with Crippen LogP contribution in [0.5, 0.6) is 0 Å². The summed E-state index contributed by atoms with van der Waals surface area (Å²) in [4.78, 5) is 18.5. The Morgan fingerprint density at radius 3 is 2.92 bits per heavy atom. The number of aromatic nitrogens is 4. The summed E-state index contributed by atoms with van der Waals surface area (Å²) in [6.07, 6.45) is 4.96. The molecule has 9 heteroatoms. The van der Waals surface area contributed by atoms with E-state index in [0.29, 0.717) is 23.7 Å². The second-order valence-corrected chi connectivity index (χ2v) is 5.81. The van der Waals surface area contributed by atoms with E-state index in [1.807, 2.05) is 6.92 Å². The van der Waals surface area contributed by atoms with E-state index >= 15 is 0 Å². The van der Waals surface area contributed by atoms with E-state index < -0.39 is 0 Å². The van der Waals surface area contributed by atoms with Crippen LogP contribution in [0.25, 0.3) is 0 Å². The van der Waals surface area contributed by atoms with Crippen LogP contribution in [-0.2, 0) is 6.54 Å². The van der Waals surface area contributed by atoms with Crippen molar-refractivity contribution in [1.82, 2.24) is 25.3 Å². The van der Waals surface area contributed by atoms with Crippen LogP contribution in [0.2, 0.25) is 0 Å². The summed E-state index contributed by atoms with van der Waals surface area (Å²) in [5, 5.41) is 22.6. The number of nitrogens with zero attached hydrogens (tertiary/aromatic N) is 6. The highest BCUT2D eigenvalue weighted by Gasteiger charge is 2.23. The van der Waals surface area contributed by atoms with Crippen molar-refractivity contribution in [2.24, 2.45) is 0 Å². The van der Waals surface area contributed by atoms with Crippen molar-refractivity contribution < 1.29 is 4.79 Å². The van der Waals surface area contributed by atoms with Crippen molar-refractivity contribution in [2.75, 3.05) is 23.3 Å². The van der Waals surface area contributed by atoms with E-state index in [1.54, 1.807) is 29.2 Å². The number of carbonyl (C=O) groups excluding carboxylic acids is 1. The van der Waals surface area contributed by atoms with Gasteiger partial charge in [0.15, 0.2) is 5.82 Å². The summed E-state index contributed by atoms with van der Waals surface area (Å²) in [5.41, 5.74) is 0.575. The predicted molar refractivity (Wildman–Crippen MR) is 92.0 cm³/mol. The molecule has 2 amide bonds. The number of piperidine rings is 1. The third-order valence-electron chi connectivity index (χ3n) is 4.14. The number of anilines is 2. The van der Waals surface area contributed by atoms with Gasteiger partial charge in [-0.15, -0.1) is 5.10 Å². The van der Waals surface area contributed by atoms with E-state index in [2.05, 4.69) is 36.9 Å². The van der Waals surface area contributed by atoms with Gasteiger partial charge in [-0.2, -0.15) is 5.26 Å². The van der Waals surface area contributed by atoms with Gasteiger partial charge in [0.25, 0.3) is 0 Å². The highest BCUT2D eigenvalue weighted by molar-refractivity contribution is 5.88. The average molecular weight is 340 g/mol. The van der Waals surface area contributed by atoms with Gasteiger partial charge in [0.05, 0.1) is 11.8 Å². The SMILES string of the molecule is CCn1cc(NC(=O)NC2CCN(c3ncccc3C#N)CC2)nn1. The minimum absolute atomic E-state index is 0.0757. The Hall–Kier alpha value is -3.15. The molecule has 0 aliphatic carbocycles. The lowest BCUT2D eigenvalue weighted by molar-refractivity contribution is 0.246. The van der Waals surface area contributed by atoms with Gasteiger partial charge >= 0.3 is 6.03 Å². The first kappa shape index (κ1) is 16.7. The van der Waals surface area contributed by atoms with Crippen molar-refractivity contribution in [3.8, 4) is 6.07 Å². The first-order valence-electron chi connectivity index (χ1n) is 8.27. The Morgan fingerprint density at radius 1 is 1.44 bits per heavy atom. The molecule has 1 aliphatic heterocycles. The van der Waals surface area contributed by atoms with Crippen molar-refractivity contribution in [3.05, 3.63) is 30.1 Å². The topological polar surface area (TPSA) is 112 Å². The Kier molecular flexibility index (Phi) is 5.09. The van der Waals surface area contributed by atoms with Gasteiger partial charge in [-0.3, -0.25) is 10.00 Å². The molecule has 0 bridgehead atoms. The maximum atomic E-state index is 12.1. The highest BCUT2D eigenvalue weighted by atomic mass is 16.2. The molecule has 0 spiro atoms. The van der Waals surface area contributed by atoms with Crippen LogP contribution < -0.4 is 15.5 Å². The molecule has 0 atom stereocenters. The zero-order chi connectivity index (χ0) is 17.6. The molecule has 3 rings (SSSR count). The summed E-state index contributed by atoms with van der Waals surface area (Å²) >= 11 is 0. The van der Waals surface area contributed by atoms with Gasteiger partial charge in [0, 0.05) is 31.9 Å². The molecule has 2 N–H and O–H groups in total. The normalized spacial score (nSPS) is 14.8. The zero-order valence-corrected chi connectivity index (χ0v) is 14.0. The van der Waals surface area contributed by atoms with Crippen LogP contribution in [0.15, 0.2) is 24.5 Å². The standard InChI is InChI=1S/C16H20N8O/c1-2-24-11-14(21-22-24)20-16(25)19-13-5-8-23(9-6-13)15-12(10-17)4-3-7-18-15/h3-4,7,11,13H,2,5-6,8-9H2,1H3,(H2,19,20,25). The Balaban J connectivity index is 1.50. The van der Waals surface area contributed by atoms with Gasteiger partial charge in [-0.25, -0.2) is 9.78 Å². The third-order valence-corrected chi connectivity index (χ3v) is 4.14. The molecule has 0 saturated carbocycles. The second kappa shape index (κ2) is 7.61. The fraction of sp³-hybridized carbons (Fsp3) is 0.438. The molecule has 2 aromatic heterocycles. The summed E-state index contributed by atoms with van der Waals surface area (Å²) in [6.45, 7) is 4.13. The Morgan fingerprint density at radius 2 is 2.24 bits per heavy atom. The van der Waals surface area contributed by atoms with Crippen LogP contribution >= 0.6 is 0 Å². The number of hydrogen-bond acceptors (Lipinski definition) is 6. The Labute approximate surface area is 145 Å². The first-order valence-corrected chi connectivity index (χ1v) is 8.27. The van der Waals surface area contributed by atoms with E-state index in [4.69, 9.17) is 0 Å². The number of hydrogen-bond donors (Lipinski definition) is 2. The molecule has 0 unspecified atom stereocenters. The smallest absolute Gasteiger partial charge is 0.320 e. The van der Waals surface area contributed by atoms with Crippen molar-refractivity contribution >= 4 is 17.7 Å². The highest BCUT2D eigenvalue weighted by Crippen LogP contribution is 2.21. The van der Waals surface area contributed by atoms with Crippen LogP contribution in [-0.4, -0.2) is 45.1 Å². The summed E-state index contributed by atoms with van der Waals surface area (Å²) in [6, 6.07) is 5.49. The van der Waals surface area contributed by atoms with Gasteiger partial charge in [-0.05, 0) is 31.9 Å². The number of rotatable bonds is 4. The molecular weight excluding hydrogens is 320 g/mol. The lowest BCUT2D eigenvalue weighted by Crippen LogP contribution is -2.46. The minimum atomic E-state index is -0.280. The molecule has 1 fully saturated rings. The quantitative estimate of drug-likeness (QED) is 0.869. The van der Waals surface area contributed by atoms with Crippen LogP contribution in [0.4, 0.5) is 16.4 Å². The monoisotopic (exact) mass is 340 g/mol. The average Bonchev–Trinajstić information content (AvgIpc) is 3.09.